The van der Waals surface area contributed by atoms with E-state index in [4.69, 9.17) is 4.74 Å². The highest BCUT2D eigenvalue weighted by Crippen LogP contribution is 2.62. The second-order valence-corrected chi connectivity index (χ2v) is 10.2. The van der Waals surface area contributed by atoms with Crippen LogP contribution in [0.4, 0.5) is 11.5 Å². The lowest BCUT2D eigenvalue weighted by atomic mass is 9.96. The van der Waals surface area contributed by atoms with Crippen molar-refractivity contribution < 1.29 is 13.8 Å². The molecular weight excluding hydrogens is 432 g/mol. The Morgan fingerprint density at radius 1 is 1.38 bits per heavy atom. The van der Waals surface area contributed by atoms with Gasteiger partial charge in [0.25, 0.3) is 5.56 Å². The van der Waals surface area contributed by atoms with E-state index in [0.717, 1.165) is 5.56 Å². The number of nitrogens with zero attached hydrogens (tertiary/aromatic N) is 4. The van der Waals surface area contributed by atoms with E-state index < -0.39 is 10.8 Å². The SMILES string of the molecule is CC1c2cc(Nc3nn(C4COCCC4C#N)c4cc[nH]c(=O)c34)ccc2S(O)(O)N1C. The van der Waals surface area contributed by atoms with Gasteiger partial charge in [-0.25, -0.2) is 0 Å². The first kappa shape index (κ1) is 21.0. The molecule has 2 aliphatic heterocycles. The zero-order valence-electron chi connectivity index (χ0n) is 17.6. The molecule has 1 fully saturated rings. The van der Waals surface area contributed by atoms with Gasteiger partial charge < -0.3 is 15.0 Å². The highest BCUT2D eigenvalue weighted by Gasteiger charge is 2.38. The van der Waals surface area contributed by atoms with Crippen LogP contribution in [-0.2, 0) is 4.74 Å². The number of ether oxygens (including phenoxy) is 1. The van der Waals surface area contributed by atoms with E-state index in [2.05, 4.69) is 21.5 Å². The number of anilines is 2. The smallest absolute Gasteiger partial charge is 0.261 e. The average Bonchev–Trinajstić information content (AvgIpc) is 3.24. The normalized spacial score (nSPS) is 25.9. The molecule has 10 nitrogen and oxygen atoms in total. The third-order valence-corrected chi connectivity index (χ3v) is 8.48. The summed E-state index contributed by atoms with van der Waals surface area (Å²) >= 11 is 0. The number of aromatic amines is 1. The van der Waals surface area contributed by atoms with Gasteiger partial charge in [0.2, 0.25) is 0 Å². The van der Waals surface area contributed by atoms with Gasteiger partial charge in [-0.2, -0.15) is 14.7 Å². The lowest BCUT2D eigenvalue weighted by Crippen LogP contribution is -2.30. The number of rotatable bonds is 3. The van der Waals surface area contributed by atoms with E-state index in [9.17, 15) is 19.2 Å². The molecule has 32 heavy (non-hydrogen) atoms. The van der Waals surface area contributed by atoms with E-state index in [1.54, 1.807) is 40.4 Å². The summed E-state index contributed by atoms with van der Waals surface area (Å²) in [4.78, 5) is 15.9. The van der Waals surface area contributed by atoms with Crippen LogP contribution in [0, 0.1) is 17.2 Å². The maximum absolute atomic E-state index is 12.7. The fraction of sp³-hybridized carbons (Fsp3) is 0.381. The summed E-state index contributed by atoms with van der Waals surface area (Å²) in [5.74, 6) is 0.107. The molecule has 0 aliphatic carbocycles. The van der Waals surface area contributed by atoms with Gasteiger partial charge in [0, 0.05) is 25.5 Å². The molecule has 4 N–H and O–H groups in total. The zero-order valence-corrected chi connectivity index (χ0v) is 18.5. The number of H-pyrrole nitrogens is 1. The molecule has 0 saturated carbocycles. The van der Waals surface area contributed by atoms with Crippen molar-refractivity contribution in [2.24, 2.45) is 5.92 Å². The maximum Gasteiger partial charge on any atom is 0.261 e. The lowest BCUT2D eigenvalue weighted by Gasteiger charge is -2.36. The minimum absolute atomic E-state index is 0.176. The largest absolute Gasteiger partial charge is 0.379 e. The number of fused-ring (bicyclic) bond motifs is 2. The standard InChI is InChI=1S/C21H24N6O4S/c1-12-15-9-14(3-4-18(15)32(29,30)26(12)2)24-20-19-16(5-7-23-21(19)28)27(25-20)17-11-31-8-6-13(17)10-22/h3-5,7,9,12-13,17,29-30H,6,8,11H2,1-2H3,(H,23,28)(H,24,25). The minimum Gasteiger partial charge on any atom is -0.379 e. The van der Waals surface area contributed by atoms with Gasteiger partial charge in [0.05, 0.1) is 41.1 Å². The zero-order chi connectivity index (χ0) is 22.6. The van der Waals surface area contributed by atoms with Crippen LogP contribution in [-0.4, -0.2) is 48.4 Å². The van der Waals surface area contributed by atoms with Gasteiger partial charge in [-0.15, -0.1) is 10.8 Å². The van der Waals surface area contributed by atoms with E-state index in [0.29, 0.717) is 46.9 Å². The van der Waals surface area contributed by atoms with Crippen molar-refractivity contribution in [3.63, 3.8) is 0 Å². The molecule has 5 rings (SSSR count). The Balaban J connectivity index is 1.58. The first-order chi connectivity index (χ1) is 15.3. The Bertz CT molecular complexity index is 1300. The molecule has 3 atom stereocenters. The van der Waals surface area contributed by atoms with Crippen molar-refractivity contribution in [1.82, 2.24) is 19.1 Å². The molecule has 3 unspecified atom stereocenters. The van der Waals surface area contributed by atoms with Crippen LogP contribution in [0.15, 0.2) is 40.2 Å². The van der Waals surface area contributed by atoms with Crippen molar-refractivity contribution in [2.75, 3.05) is 25.6 Å². The van der Waals surface area contributed by atoms with Gasteiger partial charge >= 0.3 is 0 Å². The molecule has 3 aromatic rings. The van der Waals surface area contributed by atoms with Crippen molar-refractivity contribution in [3.05, 3.63) is 46.4 Å². The molecule has 2 aliphatic rings. The highest BCUT2D eigenvalue weighted by molar-refractivity contribution is 8.22. The Labute approximate surface area is 185 Å². The van der Waals surface area contributed by atoms with Crippen LogP contribution >= 0.6 is 10.8 Å². The predicted molar refractivity (Wildman–Crippen MR) is 121 cm³/mol. The minimum atomic E-state index is -3.00. The van der Waals surface area contributed by atoms with Crippen molar-refractivity contribution >= 4 is 33.2 Å². The van der Waals surface area contributed by atoms with Gasteiger partial charge in [-0.05, 0) is 43.2 Å². The van der Waals surface area contributed by atoms with E-state index >= 15 is 0 Å². The molecule has 0 amide bonds. The van der Waals surface area contributed by atoms with Crippen molar-refractivity contribution in [2.45, 2.75) is 30.3 Å². The molecule has 1 aromatic carbocycles. The van der Waals surface area contributed by atoms with Crippen molar-refractivity contribution in [1.29, 1.82) is 5.26 Å². The number of aromatic nitrogens is 3. The summed E-state index contributed by atoms with van der Waals surface area (Å²) in [5.41, 5.74) is 1.81. The Morgan fingerprint density at radius 3 is 2.97 bits per heavy atom. The number of nitriles is 1. The molecule has 168 valence electrons. The molecule has 0 radical (unpaired) electrons. The average molecular weight is 457 g/mol. The molecule has 11 heteroatoms. The number of hydrogen-bond acceptors (Lipinski definition) is 8. The molecule has 0 spiro atoms. The molecule has 0 bridgehead atoms. The lowest BCUT2D eigenvalue weighted by molar-refractivity contribution is 0.0359. The summed E-state index contributed by atoms with van der Waals surface area (Å²) in [6.07, 6.45) is 2.17. The van der Waals surface area contributed by atoms with Crippen molar-refractivity contribution in [3.8, 4) is 6.07 Å². The number of hydrogen-bond donors (Lipinski definition) is 4. The van der Waals surface area contributed by atoms with Crippen LogP contribution in [0.25, 0.3) is 10.9 Å². The molecular formula is C21H24N6O4S. The Morgan fingerprint density at radius 2 is 2.19 bits per heavy atom. The second-order valence-electron chi connectivity index (χ2n) is 8.15. The van der Waals surface area contributed by atoms with E-state index in [1.807, 2.05) is 13.0 Å². The summed E-state index contributed by atoms with van der Waals surface area (Å²) in [7, 11) is -1.32. The first-order valence-corrected chi connectivity index (χ1v) is 11.8. The van der Waals surface area contributed by atoms with Gasteiger partial charge in [0.15, 0.2) is 5.82 Å². The Kier molecular flexibility index (Phi) is 4.99. The predicted octanol–water partition coefficient (Wildman–Crippen LogP) is 3.60. The fourth-order valence-corrected chi connectivity index (χ4v) is 6.13. The molecule has 1 saturated heterocycles. The third kappa shape index (κ3) is 3.11. The monoisotopic (exact) mass is 456 g/mol. The van der Waals surface area contributed by atoms with E-state index in [1.165, 1.54) is 0 Å². The first-order valence-electron chi connectivity index (χ1n) is 10.3. The molecule has 2 aromatic heterocycles. The van der Waals surface area contributed by atoms with Crippen LogP contribution < -0.4 is 10.9 Å². The number of benzene rings is 1. The fourth-order valence-electron chi connectivity index (χ4n) is 4.46. The summed E-state index contributed by atoms with van der Waals surface area (Å²) in [6.45, 7) is 2.78. The number of pyridine rings is 1. The van der Waals surface area contributed by atoms with Gasteiger partial charge in [-0.3, -0.25) is 18.6 Å². The topological polar surface area (TPSA) is 139 Å². The Hall–Kier alpha value is -2.88. The van der Waals surface area contributed by atoms with Crippen LogP contribution in [0.3, 0.4) is 0 Å². The third-order valence-electron chi connectivity index (χ3n) is 6.40. The quantitative estimate of drug-likeness (QED) is 0.469. The second kappa shape index (κ2) is 7.61. The van der Waals surface area contributed by atoms with Crippen LogP contribution in [0.2, 0.25) is 0 Å². The molecule has 4 heterocycles. The summed E-state index contributed by atoms with van der Waals surface area (Å²) in [5, 5.41) is 17.9. The van der Waals surface area contributed by atoms with Crippen LogP contribution in [0.5, 0.6) is 0 Å². The van der Waals surface area contributed by atoms with Gasteiger partial charge in [-0.1, -0.05) is 0 Å². The van der Waals surface area contributed by atoms with Crippen LogP contribution in [0.1, 0.15) is 31.0 Å². The highest BCUT2D eigenvalue weighted by atomic mass is 32.3. The summed E-state index contributed by atoms with van der Waals surface area (Å²) in [6, 6.07) is 8.92. The van der Waals surface area contributed by atoms with Gasteiger partial charge in [0.1, 0.15) is 5.39 Å². The number of nitrogens with one attached hydrogen (secondary N) is 2. The maximum atomic E-state index is 12.7. The van der Waals surface area contributed by atoms with E-state index in [-0.39, 0.29) is 23.6 Å². The summed E-state index contributed by atoms with van der Waals surface area (Å²) < 4.78 is 29.8.